The van der Waals surface area contributed by atoms with Gasteiger partial charge in [0.2, 0.25) is 0 Å². The second kappa shape index (κ2) is 12.8. The first-order chi connectivity index (χ1) is 22.0. The van der Waals surface area contributed by atoms with Crippen LogP contribution < -0.4 is 10.1 Å². The Labute approximate surface area is 269 Å². The van der Waals surface area contributed by atoms with Gasteiger partial charge in [-0.3, -0.25) is 4.79 Å². The molecule has 2 fully saturated rings. The number of aryl methyl sites for hydroxylation is 1. The number of carboxylic acids is 1. The molecule has 3 aliphatic carbocycles. The molecule has 46 heavy (non-hydrogen) atoms. The third-order valence-electron chi connectivity index (χ3n) is 10.3. The Hall–Kier alpha value is -4.43. The van der Waals surface area contributed by atoms with Crippen LogP contribution in [0.5, 0.6) is 11.5 Å². The molecule has 0 spiro atoms. The van der Waals surface area contributed by atoms with E-state index >= 15 is 0 Å². The molecule has 0 bridgehead atoms. The summed E-state index contributed by atoms with van der Waals surface area (Å²) in [4.78, 5) is 27.9. The molecular weight excluding hydrogens is 580 g/mol. The maximum absolute atomic E-state index is 12.6. The van der Waals surface area contributed by atoms with Crippen LogP contribution in [0.25, 0.3) is 10.9 Å². The average molecular weight is 623 g/mol. The number of aliphatic hydroxyl groups is 1. The van der Waals surface area contributed by atoms with Gasteiger partial charge in [0.05, 0.1) is 23.4 Å². The molecule has 1 heterocycles. The standard InChI is InChI=1S/C20H18N2O4.C18H24O2/c1-12(2)26-15-7-3-6-14(11-15)19(23)22-16-8-4-5-13-9-10-17(20(24)25)21-18(13)16;1-18-9-8-14-13-5-3-12(19)10-11(13)2-4-15(14)16(18)6-7-17(18)20/h3-12H,1-2H3,(H,22,23)(H,24,25);3,5,10,14-17,19-20H,2,4,6-9H2,1H3/t;14-,15-,16+,17+,18+/m.1/s1. The number of carbonyl (C=O) groups excluding carboxylic acids is 1. The van der Waals surface area contributed by atoms with Gasteiger partial charge in [0.15, 0.2) is 0 Å². The minimum absolute atomic E-state index is 0.00465. The number of fused-ring (bicyclic) bond motifs is 6. The highest BCUT2D eigenvalue weighted by molar-refractivity contribution is 6.08. The number of pyridine rings is 1. The minimum atomic E-state index is -1.12. The molecule has 0 unspecified atom stereocenters. The maximum atomic E-state index is 12.6. The zero-order valence-electron chi connectivity index (χ0n) is 26.6. The molecule has 0 radical (unpaired) electrons. The van der Waals surface area contributed by atoms with Gasteiger partial charge in [-0.15, -0.1) is 0 Å². The fraction of sp³-hybridized carbons (Fsp3) is 0.395. The van der Waals surface area contributed by atoms with Crippen molar-refractivity contribution >= 4 is 28.5 Å². The third-order valence-corrected chi connectivity index (χ3v) is 10.3. The number of carboxylic acid groups (broad SMARTS) is 1. The molecule has 240 valence electrons. The van der Waals surface area contributed by atoms with Gasteiger partial charge >= 0.3 is 5.97 Å². The van der Waals surface area contributed by atoms with E-state index in [1.807, 2.05) is 26.0 Å². The van der Waals surface area contributed by atoms with Crippen molar-refractivity contribution in [3.05, 3.63) is 95.2 Å². The second-order valence-electron chi connectivity index (χ2n) is 13.5. The molecular formula is C38H42N2O6. The number of rotatable bonds is 5. The van der Waals surface area contributed by atoms with Gasteiger partial charge in [0.25, 0.3) is 5.91 Å². The van der Waals surface area contributed by atoms with Crippen LogP contribution in [0.15, 0.2) is 72.8 Å². The van der Waals surface area contributed by atoms with Crippen molar-refractivity contribution in [3.63, 3.8) is 0 Å². The number of nitrogens with zero attached hydrogens (tertiary/aromatic N) is 1. The van der Waals surface area contributed by atoms with Gasteiger partial charge in [0, 0.05) is 10.9 Å². The lowest BCUT2D eigenvalue weighted by atomic mass is 9.55. The Morgan fingerprint density at radius 1 is 0.978 bits per heavy atom. The number of nitrogens with one attached hydrogen (secondary N) is 1. The average Bonchev–Trinajstić information content (AvgIpc) is 3.34. The Morgan fingerprint density at radius 2 is 1.78 bits per heavy atom. The summed E-state index contributed by atoms with van der Waals surface area (Å²) in [5.74, 6) is 1.65. The third kappa shape index (κ3) is 6.18. The summed E-state index contributed by atoms with van der Waals surface area (Å²) >= 11 is 0. The Balaban J connectivity index is 0.000000166. The summed E-state index contributed by atoms with van der Waals surface area (Å²) in [6.45, 7) is 6.14. The van der Waals surface area contributed by atoms with Crippen molar-refractivity contribution in [2.75, 3.05) is 5.32 Å². The number of anilines is 1. The van der Waals surface area contributed by atoms with E-state index in [-0.39, 0.29) is 29.2 Å². The molecule has 4 N–H and O–H groups in total. The van der Waals surface area contributed by atoms with Crippen LogP contribution in [0, 0.1) is 17.3 Å². The topological polar surface area (TPSA) is 129 Å². The summed E-state index contributed by atoms with van der Waals surface area (Å²) in [6, 6.07) is 21.2. The number of amides is 1. The summed E-state index contributed by atoms with van der Waals surface area (Å²) in [5.41, 5.74) is 4.23. The van der Waals surface area contributed by atoms with Crippen molar-refractivity contribution in [2.24, 2.45) is 17.3 Å². The van der Waals surface area contributed by atoms with Crippen molar-refractivity contribution in [1.29, 1.82) is 0 Å². The Kier molecular flexibility index (Phi) is 8.75. The van der Waals surface area contributed by atoms with E-state index in [1.54, 1.807) is 48.5 Å². The van der Waals surface area contributed by atoms with Gasteiger partial charge in [-0.2, -0.15) is 0 Å². The molecule has 8 heteroatoms. The van der Waals surface area contributed by atoms with Crippen molar-refractivity contribution in [2.45, 2.75) is 77.4 Å². The molecule has 7 rings (SSSR count). The highest BCUT2D eigenvalue weighted by Gasteiger charge is 2.54. The van der Waals surface area contributed by atoms with Gasteiger partial charge < -0.3 is 25.4 Å². The van der Waals surface area contributed by atoms with Gasteiger partial charge in [-0.05, 0) is 129 Å². The number of carbonyl (C=O) groups is 2. The highest BCUT2D eigenvalue weighted by Crippen LogP contribution is 2.60. The second-order valence-corrected chi connectivity index (χ2v) is 13.5. The van der Waals surface area contributed by atoms with Crippen LogP contribution in [-0.2, 0) is 6.42 Å². The monoisotopic (exact) mass is 622 g/mol. The van der Waals surface area contributed by atoms with Crippen LogP contribution >= 0.6 is 0 Å². The number of phenols is 1. The number of hydrogen-bond acceptors (Lipinski definition) is 6. The lowest BCUT2D eigenvalue weighted by Crippen LogP contribution is -2.43. The van der Waals surface area contributed by atoms with Crippen molar-refractivity contribution < 1.29 is 29.6 Å². The van der Waals surface area contributed by atoms with Gasteiger partial charge in [0.1, 0.15) is 17.2 Å². The molecule has 1 aromatic heterocycles. The summed E-state index contributed by atoms with van der Waals surface area (Å²) < 4.78 is 5.61. The van der Waals surface area contributed by atoms with Gasteiger partial charge in [-0.1, -0.05) is 37.3 Å². The number of aromatic carboxylic acids is 1. The molecule has 2 saturated carbocycles. The van der Waals surface area contributed by atoms with Crippen LogP contribution in [0.2, 0.25) is 0 Å². The first-order valence-electron chi connectivity index (χ1n) is 16.2. The van der Waals surface area contributed by atoms with E-state index in [1.165, 1.54) is 36.5 Å². The minimum Gasteiger partial charge on any atom is -0.508 e. The van der Waals surface area contributed by atoms with Crippen LogP contribution in [0.1, 0.15) is 90.8 Å². The zero-order valence-corrected chi connectivity index (χ0v) is 26.6. The quantitative estimate of drug-likeness (QED) is 0.181. The van der Waals surface area contributed by atoms with Gasteiger partial charge in [-0.25, -0.2) is 9.78 Å². The number of para-hydroxylation sites is 1. The number of aromatic nitrogens is 1. The molecule has 3 aromatic carbocycles. The predicted octanol–water partition coefficient (Wildman–Crippen LogP) is 7.58. The number of ether oxygens (including phenoxy) is 1. The normalized spacial score (nSPS) is 24.6. The summed E-state index contributed by atoms with van der Waals surface area (Å²) in [5, 5.41) is 32.7. The predicted molar refractivity (Wildman–Crippen MR) is 178 cm³/mol. The molecule has 5 atom stereocenters. The smallest absolute Gasteiger partial charge is 0.354 e. The number of phenolic OH excluding ortho intramolecular Hbond substituents is 1. The number of aromatic hydroxyl groups is 1. The van der Waals surface area contributed by atoms with Crippen LogP contribution in [0.4, 0.5) is 5.69 Å². The lowest BCUT2D eigenvalue weighted by molar-refractivity contribution is -0.0226. The van der Waals surface area contributed by atoms with Crippen LogP contribution in [0.3, 0.4) is 0 Å². The number of aliphatic hydroxyl groups excluding tert-OH is 1. The number of benzene rings is 3. The van der Waals surface area contributed by atoms with E-state index in [4.69, 9.17) is 9.84 Å². The first kappa shape index (κ1) is 31.5. The first-order valence-corrected chi connectivity index (χ1v) is 16.2. The fourth-order valence-corrected chi connectivity index (χ4v) is 8.09. The number of hydrogen-bond donors (Lipinski definition) is 4. The maximum Gasteiger partial charge on any atom is 0.354 e. The fourth-order valence-electron chi connectivity index (χ4n) is 8.09. The Bertz CT molecular complexity index is 1770. The van der Waals surface area contributed by atoms with E-state index in [0.29, 0.717) is 40.1 Å². The van der Waals surface area contributed by atoms with Crippen molar-refractivity contribution in [3.8, 4) is 11.5 Å². The largest absolute Gasteiger partial charge is 0.508 e. The Morgan fingerprint density at radius 3 is 2.57 bits per heavy atom. The molecule has 4 aromatic rings. The molecule has 8 nitrogen and oxygen atoms in total. The van der Waals surface area contributed by atoms with Crippen molar-refractivity contribution in [1.82, 2.24) is 4.98 Å². The zero-order chi connectivity index (χ0) is 32.6. The lowest BCUT2D eigenvalue weighted by Gasteiger charge is -2.50. The van der Waals surface area contributed by atoms with E-state index in [2.05, 4.69) is 23.3 Å². The molecule has 1 amide bonds. The molecule has 3 aliphatic rings. The summed E-state index contributed by atoms with van der Waals surface area (Å²) in [6.07, 6.45) is 6.78. The van der Waals surface area contributed by atoms with E-state index in [0.717, 1.165) is 30.6 Å². The van der Waals surface area contributed by atoms with E-state index in [9.17, 15) is 19.8 Å². The SMILES string of the molecule is CC(C)Oc1cccc(C(=O)Nc2cccc3ccc(C(=O)O)nc23)c1.C[C@]12CC[C@@H]3c4ccc(O)cc4CC[C@H]3[C@@H]1CC[C@@H]2O. The van der Waals surface area contributed by atoms with Crippen LogP contribution in [-0.4, -0.2) is 44.4 Å². The van der Waals surface area contributed by atoms with E-state index < -0.39 is 5.97 Å². The molecule has 0 saturated heterocycles. The highest BCUT2D eigenvalue weighted by atomic mass is 16.5. The molecule has 0 aliphatic heterocycles. The summed E-state index contributed by atoms with van der Waals surface area (Å²) in [7, 11) is 0.